The molecule has 0 spiro atoms. The Balaban J connectivity index is 1.21. The molecule has 6 rings (SSSR count). The number of benzene rings is 2. The number of carbonyl (C=O) groups is 1. The SMILES string of the molecule is COCCOCCN(C(=O)O)c1ccc(-c2cnc([C@@H]3CCc4cc(-c5cc(Cl)ccc5-n5cnnn5)cc(=O)n43)[nH]2)cc1. The summed E-state index contributed by atoms with van der Waals surface area (Å²) in [6.07, 6.45) is 3.56. The molecule has 1 atom stereocenters. The number of hydrogen-bond donors (Lipinski definition) is 2. The molecule has 0 saturated heterocycles. The standard InChI is InChI=1S/C30H29ClN8O5/c1-43-12-13-44-11-10-37(30(41)42)22-5-2-19(3-6-22)25-17-32-29(34-25)27-9-7-23-14-20(15-28(40)39(23)27)24-16-21(31)4-8-26(24)38-18-33-35-36-38/h2-6,8,14-18,27H,7,9-13H2,1H3,(H,32,34)(H,41,42)/t27-/m0/s1. The number of tetrazole rings is 1. The predicted octanol–water partition coefficient (Wildman–Crippen LogP) is 4.22. The number of carboxylic acid groups (broad SMARTS) is 1. The number of nitrogens with zero attached hydrogens (tertiary/aromatic N) is 7. The number of amides is 1. The predicted molar refractivity (Wildman–Crippen MR) is 162 cm³/mol. The zero-order chi connectivity index (χ0) is 30.6. The van der Waals surface area contributed by atoms with Crippen molar-refractivity contribution in [1.82, 2.24) is 34.7 Å². The molecule has 14 heteroatoms. The lowest BCUT2D eigenvalue weighted by Crippen LogP contribution is -2.32. The first-order valence-corrected chi connectivity index (χ1v) is 14.3. The van der Waals surface area contributed by atoms with Gasteiger partial charge in [0.05, 0.1) is 50.0 Å². The summed E-state index contributed by atoms with van der Waals surface area (Å²) < 4.78 is 13.7. The highest BCUT2D eigenvalue weighted by Gasteiger charge is 2.28. The summed E-state index contributed by atoms with van der Waals surface area (Å²) in [5.74, 6) is 0.676. The number of imidazole rings is 1. The summed E-state index contributed by atoms with van der Waals surface area (Å²) >= 11 is 6.32. The number of nitrogens with one attached hydrogen (secondary N) is 1. The lowest BCUT2D eigenvalue weighted by atomic mass is 10.0. The van der Waals surface area contributed by atoms with Gasteiger partial charge in [-0.3, -0.25) is 9.69 Å². The van der Waals surface area contributed by atoms with E-state index in [4.69, 9.17) is 21.1 Å². The van der Waals surface area contributed by atoms with Crippen molar-refractivity contribution in [2.75, 3.05) is 38.4 Å². The van der Waals surface area contributed by atoms with Crippen molar-refractivity contribution < 1.29 is 19.4 Å². The Morgan fingerprint density at radius 2 is 1.95 bits per heavy atom. The quantitative estimate of drug-likeness (QED) is 0.208. The lowest BCUT2D eigenvalue weighted by molar-refractivity contribution is 0.0738. The Hall–Kier alpha value is -4.85. The molecule has 0 radical (unpaired) electrons. The van der Waals surface area contributed by atoms with Crippen molar-refractivity contribution in [3.8, 4) is 28.1 Å². The fourth-order valence-electron chi connectivity index (χ4n) is 5.43. The van der Waals surface area contributed by atoms with Crippen LogP contribution in [0.25, 0.3) is 28.1 Å². The third kappa shape index (κ3) is 5.97. The van der Waals surface area contributed by atoms with Crippen LogP contribution in [0.15, 0.2) is 71.9 Å². The van der Waals surface area contributed by atoms with Crippen molar-refractivity contribution in [2.24, 2.45) is 0 Å². The van der Waals surface area contributed by atoms with Gasteiger partial charge in [-0.05, 0) is 70.8 Å². The van der Waals surface area contributed by atoms with E-state index in [9.17, 15) is 14.7 Å². The fraction of sp³-hybridized carbons (Fsp3) is 0.267. The molecule has 3 aromatic heterocycles. The largest absolute Gasteiger partial charge is 0.465 e. The molecule has 0 unspecified atom stereocenters. The van der Waals surface area contributed by atoms with Gasteiger partial charge in [-0.2, -0.15) is 4.68 Å². The van der Waals surface area contributed by atoms with Gasteiger partial charge in [-0.15, -0.1) is 5.10 Å². The van der Waals surface area contributed by atoms with Crippen LogP contribution in [0.4, 0.5) is 10.5 Å². The average molecular weight is 617 g/mol. The number of anilines is 1. The van der Waals surface area contributed by atoms with E-state index < -0.39 is 6.09 Å². The molecule has 1 amide bonds. The number of methoxy groups -OCH3 is 1. The Labute approximate surface area is 256 Å². The number of aromatic amines is 1. The summed E-state index contributed by atoms with van der Waals surface area (Å²) in [6, 6.07) is 15.9. The third-order valence-electron chi connectivity index (χ3n) is 7.52. The number of ether oxygens (including phenoxy) is 2. The van der Waals surface area contributed by atoms with Gasteiger partial charge in [-0.25, -0.2) is 9.78 Å². The van der Waals surface area contributed by atoms with Gasteiger partial charge in [0.1, 0.15) is 12.2 Å². The summed E-state index contributed by atoms with van der Waals surface area (Å²) in [7, 11) is 1.58. The minimum Gasteiger partial charge on any atom is -0.465 e. The highest BCUT2D eigenvalue weighted by atomic mass is 35.5. The second-order valence-corrected chi connectivity index (χ2v) is 10.6. The number of fused-ring (bicyclic) bond motifs is 1. The molecule has 13 nitrogen and oxygen atoms in total. The van der Waals surface area contributed by atoms with Crippen molar-refractivity contribution >= 4 is 23.4 Å². The number of H-pyrrole nitrogens is 1. The van der Waals surface area contributed by atoms with E-state index >= 15 is 0 Å². The van der Waals surface area contributed by atoms with E-state index in [1.165, 1.54) is 15.9 Å². The molecule has 2 aromatic carbocycles. The van der Waals surface area contributed by atoms with Crippen LogP contribution in [0.1, 0.15) is 24.0 Å². The number of halogens is 1. The molecule has 1 aliphatic heterocycles. The molecule has 1 aliphatic rings. The lowest BCUT2D eigenvalue weighted by Gasteiger charge is -2.19. The number of pyridine rings is 1. The van der Waals surface area contributed by atoms with Gasteiger partial charge in [0, 0.05) is 35.1 Å². The maximum Gasteiger partial charge on any atom is 0.411 e. The van der Waals surface area contributed by atoms with Crippen LogP contribution >= 0.6 is 11.6 Å². The van der Waals surface area contributed by atoms with E-state index in [0.717, 1.165) is 28.1 Å². The highest BCUT2D eigenvalue weighted by Crippen LogP contribution is 2.34. The first kappa shape index (κ1) is 29.2. The first-order valence-electron chi connectivity index (χ1n) is 13.9. The molecule has 0 aliphatic carbocycles. The summed E-state index contributed by atoms with van der Waals surface area (Å²) in [6.45, 7) is 1.29. The number of rotatable bonds is 11. The van der Waals surface area contributed by atoms with E-state index in [0.29, 0.717) is 48.3 Å². The second kappa shape index (κ2) is 12.8. The Bertz CT molecular complexity index is 1820. The highest BCUT2D eigenvalue weighted by molar-refractivity contribution is 6.31. The maximum atomic E-state index is 13.5. The normalized spacial score (nSPS) is 14.1. The zero-order valence-corrected chi connectivity index (χ0v) is 24.5. The summed E-state index contributed by atoms with van der Waals surface area (Å²) in [5.41, 5.74) is 5.07. The van der Waals surface area contributed by atoms with E-state index in [1.807, 2.05) is 24.3 Å². The van der Waals surface area contributed by atoms with Gasteiger partial charge < -0.3 is 24.1 Å². The minimum absolute atomic E-state index is 0.148. The topological polar surface area (TPSA) is 153 Å². The van der Waals surface area contributed by atoms with Gasteiger partial charge in [-0.1, -0.05) is 23.7 Å². The number of aryl methyl sites for hydroxylation is 1. The zero-order valence-electron chi connectivity index (χ0n) is 23.8. The van der Waals surface area contributed by atoms with Crippen LogP contribution in [-0.4, -0.2) is 79.4 Å². The van der Waals surface area contributed by atoms with Crippen LogP contribution in [-0.2, 0) is 15.9 Å². The van der Waals surface area contributed by atoms with Crippen molar-refractivity contribution in [2.45, 2.75) is 18.9 Å². The van der Waals surface area contributed by atoms with E-state index in [2.05, 4.69) is 25.5 Å². The van der Waals surface area contributed by atoms with Gasteiger partial charge in [0.25, 0.3) is 5.56 Å². The second-order valence-electron chi connectivity index (χ2n) is 10.2. The molecule has 0 fully saturated rings. The summed E-state index contributed by atoms with van der Waals surface area (Å²) in [4.78, 5) is 34.6. The van der Waals surface area contributed by atoms with Crippen molar-refractivity contribution in [1.29, 1.82) is 0 Å². The Morgan fingerprint density at radius 1 is 1.11 bits per heavy atom. The molecule has 5 aromatic rings. The van der Waals surface area contributed by atoms with Crippen molar-refractivity contribution in [3.05, 3.63) is 94.0 Å². The monoisotopic (exact) mass is 616 g/mol. The van der Waals surface area contributed by atoms with Gasteiger partial charge in [0.2, 0.25) is 0 Å². The molecule has 4 heterocycles. The average Bonchev–Trinajstić information content (AvgIpc) is 3.80. The third-order valence-corrected chi connectivity index (χ3v) is 7.76. The van der Waals surface area contributed by atoms with Crippen LogP contribution in [0.5, 0.6) is 0 Å². The first-order chi connectivity index (χ1) is 21.4. The van der Waals surface area contributed by atoms with Crippen LogP contribution in [0.3, 0.4) is 0 Å². The van der Waals surface area contributed by atoms with E-state index in [1.54, 1.807) is 48.2 Å². The molecule has 44 heavy (non-hydrogen) atoms. The van der Waals surface area contributed by atoms with Gasteiger partial charge >= 0.3 is 6.09 Å². The summed E-state index contributed by atoms with van der Waals surface area (Å²) in [5, 5.41) is 21.7. The fourth-order valence-corrected chi connectivity index (χ4v) is 5.60. The van der Waals surface area contributed by atoms with Crippen molar-refractivity contribution in [3.63, 3.8) is 0 Å². The Morgan fingerprint density at radius 3 is 2.70 bits per heavy atom. The molecular formula is C30H29ClN8O5. The van der Waals surface area contributed by atoms with Gasteiger partial charge in [0.15, 0.2) is 0 Å². The van der Waals surface area contributed by atoms with Crippen LogP contribution < -0.4 is 10.5 Å². The molecular weight excluding hydrogens is 588 g/mol. The smallest absolute Gasteiger partial charge is 0.411 e. The number of aromatic nitrogens is 7. The van der Waals surface area contributed by atoms with Crippen LogP contribution in [0.2, 0.25) is 5.02 Å². The van der Waals surface area contributed by atoms with E-state index in [-0.39, 0.29) is 24.8 Å². The Kier molecular flexibility index (Phi) is 8.50. The minimum atomic E-state index is -1.06. The molecule has 226 valence electrons. The molecule has 2 N–H and O–H groups in total. The maximum absolute atomic E-state index is 13.5. The molecule has 0 bridgehead atoms. The molecule has 0 saturated carbocycles. The van der Waals surface area contributed by atoms with Crippen LogP contribution in [0, 0.1) is 0 Å². The number of hydrogen-bond acceptors (Lipinski definition) is 8.